The van der Waals surface area contributed by atoms with E-state index in [2.05, 4.69) is 13.8 Å². The smallest absolute Gasteiger partial charge is 0.240 e. The Morgan fingerprint density at radius 2 is 2.20 bits per heavy atom. The van der Waals surface area contributed by atoms with Crippen LogP contribution in [0.5, 0.6) is 0 Å². The maximum Gasteiger partial charge on any atom is 0.240 e. The molecule has 1 saturated heterocycles. The number of likely N-dealkylation sites (tertiary alicyclic amines) is 1. The summed E-state index contributed by atoms with van der Waals surface area (Å²) in [4.78, 5) is 24.5. The molecule has 2 amide bonds. The second kappa shape index (κ2) is 4.64. The minimum atomic E-state index is -0.416. The Kier molecular flexibility index (Phi) is 3.72. The molecule has 1 aliphatic heterocycles. The number of nitrogens with zero attached hydrogens (tertiary/aromatic N) is 1. The molecule has 2 atom stereocenters. The molecule has 0 radical (unpaired) electrons. The quantitative estimate of drug-likeness (QED) is 0.747. The topological polar surface area (TPSA) is 63.4 Å². The molecule has 4 heteroatoms. The number of carbonyl (C=O) groups is 2. The summed E-state index contributed by atoms with van der Waals surface area (Å²) in [6, 6.07) is -0.416. The van der Waals surface area contributed by atoms with E-state index in [0.717, 1.165) is 0 Å². The molecule has 0 bridgehead atoms. The highest BCUT2D eigenvalue weighted by Gasteiger charge is 2.36. The number of primary amides is 1. The largest absolute Gasteiger partial charge is 0.368 e. The number of carbonyl (C=O) groups excluding carboxylic acids is 2. The van der Waals surface area contributed by atoms with Crippen molar-refractivity contribution in [3.05, 3.63) is 0 Å². The zero-order chi connectivity index (χ0) is 11.6. The molecule has 86 valence electrons. The van der Waals surface area contributed by atoms with E-state index in [9.17, 15) is 9.59 Å². The van der Waals surface area contributed by atoms with Crippen molar-refractivity contribution in [2.75, 3.05) is 6.54 Å². The molecule has 0 saturated carbocycles. The summed E-state index contributed by atoms with van der Waals surface area (Å²) in [7, 11) is 0. The van der Waals surface area contributed by atoms with Gasteiger partial charge in [-0.25, -0.2) is 0 Å². The van der Waals surface area contributed by atoms with Crippen molar-refractivity contribution in [2.45, 2.75) is 39.7 Å². The van der Waals surface area contributed by atoms with Crippen molar-refractivity contribution in [1.29, 1.82) is 0 Å². The van der Waals surface area contributed by atoms with Gasteiger partial charge < -0.3 is 10.6 Å². The average molecular weight is 212 g/mol. The third-order valence-corrected chi connectivity index (χ3v) is 3.22. The Morgan fingerprint density at radius 3 is 2.53 bits per heavy atom. The van der Waals surface area contributed by atoms with Crippen LogP contribution in [-0.4, -0.2) is 29.3 Å². The number of amides is 2. The van der Waals surface area contributed by atoms with Gasteiger partial charge in [0, 0.05) is 13.0 Å². The summed E-state index contributed by atoms with van der Waals surface area (Å²) >= 11 is 0. The lowest BCUT2D eigenvalue weighted by atomic mass is 9.95. The standard InChI is InChI=1S/C11H20N2O2/c1-4-9(11(12)15)13-6-8(7(2)3)5-10(13)14/h7-9H,4-6H2,1-3H3,(H2,12,15)/t8-,9-/m1/s1. The molecule has 0 spiro atoms. The highest BCUT2D eigenvalue weighted by Crippen LogP contribution is 2.26. The Hall–Kier alpha value is -1.06. The fourth-order valence-electron chi connectivity index (χ4n) is 2.08. The Labute approximate surface area is 90.8 Å². The van der Waals surface area contributed by atoms with Gasteiger partial charge in [0.25, 0.3) is 0 Å². The fourth-order valence-corrected chi connectivity index (χ4v) is 2.08. The number of hydrogen-bond donors (Lipinski definition) is 1. The van der Waals surface area contributed by atoms with Crippen LogP contribution < -0.4 is 5.73 Å². The lowest BCUT2D eigenvalue weighted by Gasteiger charge is -2.24. The molecule has 0 aromatic rings. The summed E-state index contributed by atoms with van der Waals surface area (Å²) in [5.41, 5.74) is 5.28. The average Bonchev–Trinajstić information content (AvgIpc) is 2.49. The third kappa shape index (κ3) is 2.49. The van der Waals surface area contributed by atoms with E-state index in [1.807, 2.05) is 6.92 Å². The molecule has 4 nitrogen and oxygen atoms in total. The zero-order valence-electron chi connectivity index (χ0n) is 9.69. The van der Waals surface area contributed by atoms with Crippen LogP contribution in [-0.2, 0) is 9.59 Å². The SMILES string of the molecule is CC[C@H](C(N)=O)N1C[C@H](C(C)C)CC1=O. The molecule has 15 heavy (non-hydrogen) atoms. The molecular weight excluding hydrogens is 192 g/mol. The lowest BCUT2D eigenvalue weighted by Crippen LogP contribution is -2.45. The normalized spacial score (nSPS) is 23.6. The van der Waals surface area contributed by atoms with Crippen LogP contribution in [0.25, 0.3) is 0 Å². The fraction of sp³-hybridized carbons (Fsp3) is 0.818. The Bertz CT molecular complexity index is 263. The van der Waals surface area contributed by atoms with Crippen LogP contribution in [0.15, 0.2) is 0 Å². The van der Waals surface area contributed by atoms with Gasteiger partial charge in [-0.1, -0.05) is 20.8 Å². The Balaban J connectivity index is 2.71. The van der Waals surface area contributed by atoms with E-state index in [4.69, 9.17) is 5.73 Å². The maximum atomic E-state index is 11.7. The van der Waals surface area contributed by atoms with Crippen LogP contribution in [0.2, 0.25) is 0 Å². The van der Waals surface area contributed by atoms with E-state index in [1.54, 1.807) is 4.90 Å². The monoisotopic (exact) mass is 212 g/mol. The molecule has 1 fully saturated rings. The first-order chi connectivity index (χ1) is 6.97. The van der Waals surface area contributed by atoms with Gasteiger partial charge >= 0.3 is 0 Å². The van der Waals surface area contributed by atoms with E-state index in [-0.39, 0.29) is 5.91 Å². The summed E-state index contributed by atoms with van der Waals surface area (Å²) in [5.74, 6) is 0.518. The molecular formula is C11H20N2O2. The first-order valence-electron chi connectivity index (χ1n) is 5.56. The first kappa shape index (κ1) is 12.0. The number of nitrogens with two attached hydrogens (primary N) is 1. The van der Waals surface area contributed by atoms with Crippen LogP contribution in [0.3, 0.4) is 0 Å². The molecule has 1 rings (SSSR count). The van der Waals surface area contributed by atoms with E-state index in [1.165, 1.54) is 0 Å². The van der Waals surface area contributed by atoms with Crippen LogP contribution in [0.4, 0.5) is 0 Å². The highest BCUT2D eigenvalue weighted by molar-refractivity contribution is 5.87. The van der Waals surface area contributed by atoms with E-state index < -0.39 is 11.9 Å². The minimum Gasteiger partial charge on any atom is -0.368 e. The van der Waals surface area contributed by atoms with Crippen molar-refractivity contribution in [3.8, 4) is 0 Å². The van der Waals surface area contributed by atoms with Gasteiger partial charge in [-0.3, -0.25) is 9.59 Å². The van der Waals surface area contributed by atoms with Crippen molar-refractivity contribution in [1.82, 2.24) is 4.90 Å². The minimum absolute atomic E-state index is 0.0688. The molecule has 0 aliphatic carbocycles. The van der Waals surface area contributed by atoms with Gasteiger partial charge in [0.1, 0.15) is 6.04 Å². The third-order valence-electron chi connectivity index (χ3n) is 3.22. The second-order valence-corrected chi connectivity index (χ2v) is 4.58. The summed E-state index contributed by atoms with van der Waals surface area (Å²) in [6.07, 6.45) is 1.16. The van der Waals surface area contributed by atoms with Gasteiger partial charge in [-0.15, -0.1) is 0 Å². The predicted molar refractivity (Wildman–Crippen MR) is 57.9 cm³/mol. The van der Waals surface area contributed by atoms with Crippen molar-refractivity contribution in [3.63, 3.8) is 0 Å². The lowest BCUT2D eigenvalue weighted by molar-refractivity contribution is -0.136. The first-order valence-corrected chi connectivity index (χ1v) is 5.56. The van der Waals surface area contributed by atoms with Crippen molar-refractivity contribution in [2.24, 2.45) is 17.6 Å². The second-order valence-electron chi connectivity index (χ2n) is 4.58. The molecule has 0 aromatic carbocycles. The van der Waals surface area contributed by atoms with Gasteiger partial charge in [-0.2, -0.15) is 0 Å². The van der Waals surface area contributed by atoms with Crippen molar-refractivity contribution >= 4 is 11.8 Å². The summed E-state index contributed by atoms with van der Waals surface area (Å²) in [6.45, 7) is 6.77. The van der Waals surface area contributed by atoms with Crippen LogP contribution >= 0.6 is 0 Å². The molecule has 0 unspecified atom stereocenters. The van der Waals surface area contributed by atoms with E-state index >= 15 is 0 Å². The zero-order valence-corrected chi connectivity index (χ0v) is 9.69. The van der Waals surface area contributed by atoms with Crippen molar-refractivity contribution < 1.29 is 9.59 Å². The van der Waals surface area contributed by atoms with E-state index in [0.29, 0.717) is 31.2 Å². The van der Waals surface area contributed by atoms with Crippen LogP contribution in [0.1, 0.15) is 33.6 Å². The molecule has 2 N–H and O–H groups in total. The van der Waals surface area contributed by atoms with Gasteiger partial charge in [-0.05, 0) is 18.3 Å². The molecule has 0 aromatic heterocycles. The highest BCUT2D eigenvalue weighted by atomic mass is 16.2. The number of hydrogen-bond acceptors (Lipinski definition) is 2. The van der Waals surface area contributed by atoms with Gasteiger partial charge in [0.2, 0.25) is 11.8 Å². The molecule has 1 heterocycles. The summed E-state index contributed by atoms with van der Waals surface area (Å²) < 4.78 is 0. The van der Waals surface area contributed by atoms with Gasteiger partial charge in [0.15, 0.2) is 0 Å². The maximum absolute atomic E-state index is 11.7. The van der Waals surface area contributed by atoms with Gasteiger partial charge in [0.05, 0.1) is 0 Å². The Morgan fingerprint density at radius 1 is 1.60 bits per heavy atom. The number of rotatable bonds is 4. The molecule has 1 aliphatic rings. The predicted octanol–water partition coefficient (Wildman–Crippen LogP) is 0.755. The summed E-state index contributed by atoms with van der Waals surface area (Å²) in [5, 5.41) is 0. The van der Waals surface area contributed by atoms with Crippen LogP contribution in [0, 0.1) is 11.8 Å².